The van der Waals surface area contributed by atoms with Gasteiger partial charge in [0.15, 0.2) is 6.10 Å². The molecule has 1 fully saturated rings. The van der Waals surface area contributed by atoms with E-state index in [9.17, 15) is 19.6 Å². The highest BCUT2D eigenvalue weighted by molar-refractivity contribution is 7.99. The van der Waals surface area contributed by atoms with Gasteiger partial charge < -0.3 is 24.7 Å². The molecular formula is C19H21ClN2O7S. The molecule has 11 heteroatoms. The number of ether oxygens (including phenoxy) is 4. The lowest BCUT2D eigenvalue weighted by Gasteiger charge is -2.43. The number of rotatable bonds is 6. The third kappa shape index (κ3) is 6.34. The van der Waals surface area contributed by atoms with Crippen molar-refractivity contribution in [2.24, 2.45) is 5.73 Å². The standard InChI is InChI=1S/C19H21ClN2O7S/c1-9(23)26-8-14-17(27-10(2)24)16(22)18(28-11(3)25)19(29-14)30-15-6-13(20)5-4-12(15)7-21/h4-6,14,16-19H,8,22H2,1-3H3. The van der Waals surface area contributed by atoms with Crippen LogP contribution in [0, 0.1) is 11.3 Å². The van der Waals surface area contributed by atoms with Crippen molar-refractivity contribution in [3.05, 3.63) is 28.8 Å². The number of thioether (sulfide) groups is 1. The highest BCUT2D eigenvalue weighted by atomic mass is 35.5. The van der Waals surface area contributed by atoms with Crippen molar-refractivity contribution < 1.29 is 33.3 Å². The van der Waals surface area contributed by atoms with Gasteiger partial charge in [-0.3, -0.25) is 14.4 Å². The minimum Gasteiger partial charge on any atom is -0.463 e. The zero-order valence-corrected chi connectivity index (χ0v) is 18.1. The molecule has 1 aliphatic rings. The monoisotopic (exact) mass is 456 g/mol. The highest BCUT2D eigenvalue weighted by Crippen LogP contribution is 2.37. The van der Waals surface area contributed by atoms with Crippen LogP contribution in [0.5, 0.6) is 0 Å². The lowest BCUT2D eigenvalue weighted by Crippen LogP contribution is -2.63. The molecule has 2 N–H and O–H groups in total. The maximum atomic E-state index is 11.7. The van der Waals surface area contributed by atoms with E-state index in [1.165, 1.54) is 20.8 Å². The molecule has 0 amide bonds. The second-order valence-electron chi connectivity index (χ2n) is 6.44. The van der Waals surface area contributed by atoms with Crippen LogP contribution in [0.4, 0.5) is 0 Å². The number of carbonyl (C=O) groups is 3. The van der Waals surface area contributed by atoms with Crippen LogP contribution >= 0.6 is 23.4 Å². The fourth-order valence-corrected chi connectivity index (χ4v) is 4.35. The zero-order valence-electron chi connectivity index (χ0n) is 16.5. The molecule has 0 aromatic heterocycles. The molecule has 30 heavy (non-hydrogen) atoms. The summed E-state index contributed by atoms with van der Waals surface area (Å²) in [6, 6.07) is 5.77. The van der Waals surface area contributed by atoms with E-state index < -0.39 is 47.7 Å². The number of esters is 3. The Morgan fingerprint density at radius 2 is 1.80 bits per heavy atom. The molecule has 1 saturated heterocycles. The Kier molecular flexibility index (Phi) is 8.49. The van der Waals surface area contributed by atoms with Gasteiger partial charge >= 0.3 is 17.9 Å². The van der Waals surface area contributed by atoms with Crippen LogP contribution in [0.15, 0.2) is 23.1 Å². The number of carbonyl (C=O) groups excluding carboxylic acids is 3. The Bertz CT molecular complexity index is 858. The Balaban J connectivity index is 2.38. The zero-order chi connectivity index (χ0) is 22.4. The van der Waals surface area contributed by atoms with Crippen LogP contribution in [-0.4, -0.2) is 54.3 Å². The molecule has 9 nitrogen and oxygen atoms in total. The van der Waals surface area contributed by atoms with E-state index >= 15 is 0 Å². The molecule has 5 unspecified atom stereocenters. The molecule has 1 aromatic carbocycles. The van der Waals surface area contributed by atoms with Gasteiger partial charge in [-0.15, -0.1) is 0 Å². The molecule has 1 aliphatic heterocycles. The topological polar surface area (TPSA) is 138 Å². The second kappa shape index (κ2) is 10.6. The Morgan fingerprint density at radius 1 is 1.17 bits per heavy atom. The largest absolute Gasteiger partial charge is 0.463 e. The van der Waals surface area contributed by atoms with Crippen molar-refractivity contribution in [2.45, 2.75) is 55.5 Å². The third-order valence-electron chi connectivity index (χ3n) is 4.06. The first-order valence-corrected chi connectivity index (χ1v) is 10.1. The van der Waals surface area contributed by atoms with Gasteiger partial charge in [0.25, 0.3) is 0 Å². The summed E-state index contributed by atoms with van der Waals surface area (Å²) in [6.45, 7) is 3.40. The first-order chi connectivity index (χ1) is 14.1. The maximum absolute atomic E-state index is 11.7. The molecule has 0 saturated carbocycles. The summed E-state index contributed by atoms with van der Waals surface area (Å²) in [4.78, 5) is 35.0. The first kappa shape index (κ1) is 24.0. The van der Waals surface area contributed by atoms with Gasteiger partial charge in [-0.25, -0.2) is 0 Å². The van der Waals surface area contributed by atoms with E-state index in [0.717, 1.165) is 11.8 Å². The van der Waals surface area contributed by atoms with Crippen molar-refractivity contribution in [3.63, 3.8) is 0 Å². The Hall–Kier alpha value is -2.32. The van der Waals surface area contributed by atoms with Gasteiger partial charge in [0.05, 0.1) is 11.6 Å². The summed E-state index contributed by atoms with van der Waals surface area (Å²) in [7, 11) is 0. The SMILES string of the molecule is CC(=O)OCC1OC(Sc2cc(Cl)ccc2C#N)C(OC(C)=O)C(N)C1OC(C)=O. The van der Waals surface area contributed by atoms with Crippen molar-refractivity contribution in [1.29, 1.82) is 5.26 Å². The number of halogens is 1. The lowest BCUT2D eigenvalue weighted by molar-refractivity contribution is -0.201. The molecule has 1 aromatic rings. The molecule has 0 aliphatic carbocycles. The quantitative estimate of drug-likeness (QED) is 0.497. The van der Waals surface area contributed by atoms with Crippen LogP contribution in [0.2, 0.25) is 5.02 Å². The van der Waals surface area contributed by atoms with Crippen molar-refractivity contribution in [2.75, 3.05) is 6.61 Å². The maximum Gasteiger partial charge on any atom is 0.303 e. The number of hydrogen-bond acceptors (Lipinski definition) is 10. The predicted octanol–water partition coefficient (Wildman–Crippen LogP) is 1.78. The summed E-state index contributed by atoms with van der Waals surface area (Å²) in [5.41, 5.74) is 5.73. The van der Waals surface area contributed by atoms with Gasteiger partial charge in [-0.05, 0) is 18.2 Å². The summed E-state index contributed by atoms with van der Waals surface area (Å²) >= 11 is 7.12. The molecule has 1 heterocycles. The van der Waals surface area contributed by atoms with E-state index in [2.05, 4.69) is 6.07 Å². The molecule has 0 radical (unpaired) electrons. The number of nitrogens with zero attached hydrogens (tertiary/aromatic N) is 1. The van der Waals surface area contributed by atoms with Gasteiger partial charge in [0.2, 0.25) is 0 Å². The fourth-order valence-electron chi connectivity index (χ4n) is 2.85. The van der Waals surface area contributed by atoms with Crippen molar-refractivity contribution in [1.82, 2.24) is 0 Å². The normalized spacial score (nSPS) is 25.7. The third-order valence-corrected chi connectivity index (χ3v) is 5.50. The molecule has 5 atom stereocenters. The van der Waals surface area contributed by atoms with E-state index in [-0.39, 0.29) is 6.61 Å². The summed E-state index contributed by atoms with van der Waals surface area (Å²) in [5, 5.41) is 9.77. The molecule has 0 spiro atoms. The highest BCUT2D eigenvalue weighted by Gasteiger charge is 2.48. The summed E-state index contributed by atoms with van der Waals surface area (Å²) < 4.78 is 21.6. The van der Waals surface area contributed by atoms with Crippen LogP contribution in [0.3, 0.4) is 0 Å². The average Bonchev–Trinajstić information content (AvgIpc) is 2.65. The van der Waals surface area contributed by atoms with Crippen LogP contribution in [0.1, 0.15) is 26.3 Å². The van der Waals surface area contributed by atoms with Crippen LogP contribution in [-0.2, 0) is 33.3 Å². The average molecular weight is 457 g/mol. The minimum absolute atomic E-state index is 0.231. The molecule has 2 rings (SSSR count). The van der Waals surface area contributed by atoms with Gasteiger partial charge in [0.1, 0.15) is 30.3 Å². The lowest BCUT2D eigenvalue weighted by atomic mass is 9.97. The smallest absolute Gasteiger partial charge is 0.303 e. The van der Waals surface area contributed by atoms with Gasteiger partial charge in [0, 0.05) is 30.7 Å². The van der Waals surface area contributed by atoms with E-state index in [4.69, 9.17) is 36.3 Å². The first-order valence-electron chi connectivity index (χ1n) is 8.87. The summed E-state index contributed by atoms with van der Waals surface area (Å²) in [6.07, 6.45) is -2.96. The number of nitriles is 1. The number of hydrogen-bond donors (Lipinski definition) is 1. The van der Waals surface area contributed by atoms with E-state index in [0.29, 0.717) is 15.5 Å². The Morgan fingerprint density at radius 3 is 2.37 bits per heavy atom. The summed E-state index contributed by atoms with van der Waals surface area (Å²) in [5.74, 6) is -1.79. The number of benzene rings is 1. The predicted molar refractivity (Wildman–Crippen MR) is 106 cm³/mol. The number of nitrogens with two attached hydrogens (primary N) is 1. The van der Waals surface area contributed by atoms with Crippen molar-refractivity contribution in [3.8, 4) is 6.07 Å². The molecule has 162 valence electrons. The minimum atomic E-state index is -1.03. The second-order valence-corrected chi connectivity index (χ2v) is 8.02. The van der Waals surface area contributed by atoms with Gasteiger partial charge in [-0.1, -0.05) is 23.4 Å². The van der Waals surface area contributed by atoms with Crippen molar-refractivity contribution >= 4 is 41.3 Å². The van der Waals surface area contributed by atoms with Gasteiger partial charge in [-0.2, -0.15) is 5.26 Å². The molecular weight excluding hydrogens is 436 g/mol. The Labute approximate surface area is 182 Å². The fraction of sp³-hybridized carbons (Fsp3) is 0.474. The van der Waals surface area contributed by atoms with E-state index in [1.807, 2.05) is 0 Å². The van der Waals surface area contributed by atoms with Crippen LogP contribution < -0.4 is 5.73 Å². The molecule has 0 bridgehead atoms. The van der Waals surface area contributed by atoms with Crippen LogP contribution in [0.25, 0.3) is 0 Å². The van der Waals surface area contributed by atoms with E-state index in [1.54, 1.807) is 18.2 Å².